The Morgan fingerprint density at radius 3 is 2.43 bits per heavy atom. The molecule has 2 saturated heterocycles. The highest BCUT2D eigenvalue weighted by Gasteiger charge is 2.75. The van der Waals surface area contributed by atoms with E-state index in [1.807, 2.05) is 56.3 Å². The van der Waals surface area contributed by atoms with Crippen LogP contribution in [0, 0.1) is 0 Å². The topological polar surface area (TPSA) is 198 Å². The Morgan fingerprint density at radius 1 is 1.10 bits per heavy atom. The van der Waals surface area contributed by atoms with Gasteiger partial charge in [0.15, 0.2) is 5.96 Å². The average Bonchev–Trinajstić information content (AvgIpc) is 3.56. The van der Waals surface area contributed by atoms with Crippen molar-refractivity contribution in [2.75, 3.05) is 13.1 Å². The number of likely N-dealkylation sites (tertiary alicyclic amines) is 1. The minimum absolute atomic E-state index is 0.0579. The van der Waals surface area contributed by atoms with Crippen molar-refractivity contribution in [2.45, 2.75) is 61.7 Å². The molecule has 2 fully saturated rings. The van der Waals surface area contributed by atoms with Gasteiger partial charge < -0.3 is 26.6 Å². The lowest BCUT2D eigenvalue weighted by molar-refractivity contribution is -0.623. The third-order valence-electron chi connectivity index (χ3n) is 9.05. The van der Waals surface area contributed by atoms with Gasteiger partial charge in [-0.2, -0.15) is 0 Å². The number of guanidine groups is 2. The molecule has 2 aromatic carbocycles. The fourth-order valence-corrected chi connectivity index (χ4v) is 6.80. The number of carbonyl (C=O) groups is 3. The highest BCUT2D eigenvalue weighted by atomic mass is 16.5. The predicted octanol–water partition coefficient (Wildman–Crippen LogP) is -1.76. The maximum absolute atomic E-state index is 13.8. The molecular weight excluding hydrogens is 540 g/mol. The number of rotatable bonds is 6. The molecule has 4 atom stereocenters. The summed E-state index contributed by atoms with van der Waals surface area (Å²) in [5.74, 6) is -3.79. The van der Waals surface area contributed by atoms with E-state index in [0.717, 1.165) is 16.0 Å². The van der Waals surface area contributed by atoms with E-state index >= 15 is 0 Å². The number of hydrogen-bond donors (Lipinski definition) is 7. The molecule has 220 valence electrons. The van der Waals surface area contributed by atoms with Gasteiger partial charge >= 0.3 is 5.96 Å². The second kappa shape index (κ2) is 9.53. The van der Waals surface area contributed by atoms with Crippen LogP contribution in [0.2, 0.25) is 0 Å². The van der Waals surface area contributed by atoms with Gasteiger partial charge in [0.25, 0.3) is 5.91 Å². The molecule has 13 nitrogen and oxygen atoms in total. The number of benzene rings is 2. The quantitative estimate of drug-likeness (QED) is 0.118. The van der Waals surface area contributed by atoms with Crippen molar-refractivity contribution in [3.8, 4) is 0 Å². The zero-order chi connectivity index (χ0) is 30.0. The summed E-state index contributed by atoms with van der Waals surface area (Å²) < 4.78 is 1.48. The Hall–Kier alpha value is -4.49. The lowest BCUT2D eigenvalue weighted by atomic mass is 9.76. The summed E-state index contributed by atoms with van der Waals surface area (Å²) in [4.78, 5) is 44.1. The van der Waals surface area contributed by atoms with E-state index in [-0.39, 0.29) is 49.7 Å². The number of nitrogens with two attached hydrogens (primary N) is 2. The predicted molar refractivity (Wildman–Crippen MR) is 152 cm³/mol. The van der Waals surface area contributed by atoms with E-state index in [1.165, 1.54) is 4.58 Å². The number of hydrogen-bond acceptors (Lipinski definition) is 10. The Labute approximate surface area is 242 Å². The maximum atomic E-state index is 13.8. The van der Waals surface area contributed by atoms with Gasteiger partial charge in [0.05, 0.1) is 13.1 Å². The summed E-state index contributed by atoms with van der Waals surface area (Å²) in [5.41, 5.74) is 12.3. The molecule has 42 heavy (non-hydrogen) atoms. The number of aliphatic imine (C=N–C) groups is 1. The largest absolute Gasteiger partial charge is 0.370 e. The Morgan fingerprint density at radius 2 is 1.74 bits per heavy atom. The summed E-state index contributed by atoms with van der Waals surface area (Å²) in [6.07, 6.45) is 0.216. The maximum Gasteiger partial charge on any atom is 0.346 e. The molecule has 1 unspecified atom stereocenters. The van der Waals surface area contributed by atoms with E-state index in [9.17, 15) is 24.6 Å². The molecule has 4 aliphatic rings. The normalized spacial score (nSPS) is 28.1. The Kier molecular flexibility index (Phi) is 6.28. The first-order valence-electron chi connectivity index (χ1n) is 13.9. The fraction of sp³-hybridized carbons (Fsp3) is 0.414. The molecule has 4 aliphatic heterocycles. The molecule has 0 aromatic heterocycles. The first kappa shape index (κ1) is 27.7. The van der Waals surface area contributed by atoms with Gasteiger partial charge in [-0.3, -0.25) is 30.3 Å². The SMILES string of the molecule is CC(C)(c1ccccc1)c1ccccc1C(=O)NC1C[N+]2=C(N)N[C@@H](CN3C(=O)CCC3=O)[C@@H]3N=C(N)N[C@@]32C1(O)O. The van der Waals surface area contributed by atoms with Gasteiger partial charge in [-0.05, 0) is 17.2 Å². The minimum Gasteiger partial charge on any atom is -0.370 e. The molecule has 9 N–H and O–H groups in total. The van der Waals surface area contributed by atoms with Crippen LogP contribution in [0.3, 0.4) is 0 Å². The second-order valence-electron chi connectivity index (χ2n) is 11.8. The van der Waals surface area contributed by atoms with Gasteiger partial charge in [-0.15, -0.1) is 0 Å². The van der Waals surface area contributed by atoms with Crippen LogP contribution in [-0.4, -0.2) is 92.0 Å². The van der Waals surface area contributed by atoms with E-state index in [2.05, 4.69) is 20.9 Å². The summed E-state index contributed by atoms with van der Waals surface area (Å²) in [5, 5.41) is 32.4. The molecule has 4 heterocycles. The number of aliphatic hydroxyl groups is 2. The third kappa shape index (κ3) is 3.95. The summed E-state index contributed by atoms with van der Waals surface area (Å²) >= 11 is 0. The fourth-order valence-electron chi connectivity index (χ4n) is 6.80. The number of amides is 3. The molecule has 0 radical (unpaired) electrons. The Bertz CT molecular complexity index is 1520. The van der Waals surface area contributed by atoms with Crippen molar-refractivity contribution in [2.24, 2.45) is 16.5 Å². The molecule has 1 spiro atoms. The first-order valence-corrected chi connectivity index (χ1v) is 13.9. The molecule has 0 aliphatic carbocycles. The van der Waals surface area contributed by atoms with Crippen molar-refractivity contribution in [3.05, 3.63) is 71.3 Å². The lowest BCUT2D eigenvalue weighted by Gasteiger charge is -2.44. The molecule has 0 bridgehead atoms. The number of imide groups is 1. The van der Waals surface area contributed by atoms with Gasteiger partial charge in [0.2, 0.25) is 23.3 Å². The smallest absolute Gasteiger partial charge is 0.346 e. The second-order valence-corrected chi connectivity index (χ2v) is 11.8. The van der Waals surface area contributed by atoms with E-state index in [1.54, 1.807) is 12.1 Å². The van der Waals surface area contributed by atoms with Crippen LogP contribution in [-0.2, 0) is 15.0 Å². The number of carbonyl (C=O) groups excluding carboxylic acids is 3. The molecule has 2 aromatic rings. The van der Waals surface area contributed by atoms with Crippen molar-refractivity contribution in [3.63, 3.8) is 0 Å². The van der Waals surface area contributed by atoms with Crippen molar-refractivity contribution < 1.29 is 29.2 Å². The standard InChI is InChI=1S/C29H34N8O5/c1-27(2,16-8-4-3-5-9-16)18-11-7-6-10-17(18)24(40)33-20-15-37-26(31)32-19(14-36-21(38)12-13-22(36)39)23-28(37,29(20,41)42)35-25(30)34-23/h3-11,19-20,23,41-42H,12-15H2,1-2H3,(H6,30,31,32,33,34,35,40)/p+1/t19-,20?,23-,28-/m0/s1. The van der Waals surface area contributed by atoms with Crippen molar-refractivity contribution in [1.29, 1.82) is 0 Å². The van der Waals surface area contributed by atoms with Crippen LogP contribution in [0.15, 0.2) is 59.6 Å². The zero-order valence-corrected chi connectivity index (χ0v) is 23.4. The van der Waals surface area contributed by atoms with Crippen LogP contribution < -0.4 is 27.4 Å². The summed E-state index contributed by atoms with van der Waals surface area (Å²) in [6.45, 7) is 3.86. The van der Waals surface area contributed by atoms with E-state index in [4.69, 9.17) is 11.5 Å². The Balaban J connectivity index is 1.32. The highest BCUT2D eigenvalue weighted by Crippen LogP contribution is 2.42. The van der Waals surface area contributed by atoms with Gasteiger partial charge in [-0.25, -0.2) is 9.57 Å². The van der Waals surface area contributed by atoms with Gasteiger partial charge in [0.1, 0.15) is 18.1 Å². The lowest BCUT2D eigenvalue weighted by Crippen LogP contribution is -2.79. The third-order valence-corrected chi connectivity index (χ3v) is 9.05. The van der Waals surface area contributed by atoms with Crippen LogP contribution in [0.25, 0.3) is 0 Å². The minimum atomic E-state index is -2.63. The van der Waals surface area contributed by atoms with Gasteiger partial charge in [-0.1, -0.05) is 62.4 Å². The zero-order valence-electron chi connectivity index (χ0n) is 23.4. The average molecular weight is 576 g/mol. The summed E-state index contributed by atoms with van der Waals surface area (Å²) in [6, 6.07) is 14.0. The first-order chi connectivity index (χ1) is 19.9. The molecule has 6 rings (SSSR count). The van der Waals surface area contributed by atoms with Crippen LogP contribution in [0.1, 0.15) is 48.2 Å². The van der Waals surface area contributed by atoms with E-state index in [0.29, 0.717) is 5.56 Å². The molecule has 13 heteroatoms. The van der Waals surface area contributed by atoms with Crippen molar-refractivity contribution >= 4 is 29.6 Å². The van der Waals surface area contributed by atoms with Crippen LogP contribution in [0.4, 0.5) is 0 Å². The van der Waals surface area contributed by atoms with Crippen LogP contribution in [0.5, 0.6) is 0 Å². The van der Waals surface area contributed by atoms with E-state index < -0.39 is 40.9 Å². The molecule has 0 saturated carbocycles. The van der Waals surface area contributed by atoms with Crippen molar-refractivity contribution in [1.82, 2.24) is 20.9 Å². The number of nitrogens with zero attached hydrogens (tertiary/aromatic N) is 3. The summed E-state index contributed by atoms with van der Waals surface area (Å²) in [7, 11) is 0. The van der Waals surface area contributed by atoms with Gasteiger partial charge in [0, 0.05) is 23.8 Å². The monoisotopic (exact) mass is 575 g/mol. The molecule has 3 amide bonds. The highest BCUT2D eigenvalue weighted by molar-refractivity contribution is 6.02. The number of nitrogens with one attached hydrogen (secondary N) is 3. The molecular formula is C29H35N8O5+. The van der Waals surface area contributed by atoms with Crippen LogP contribution >= 0.6 is 0 Å².